The number of carbonyl (C=O) groups excluding carboxylic acids is 1. The van der Waals surface area contributed by atoms with Crippen LogP contribution in [0.2, 0.25) is 18.1 Å². The molecule has 1 fully saturated rings. The third-order valence-electron chi connectivity index (χ3n) is 6.07. The third-order valence-corrected chi connectivity index (χ3v) is 11.3. The minimum atomic E-state index is -2.25. The topological polar surface area (TPSA) is 38.8 Å². The van der Waals surface area contributed by atoms with Gasteiger partial charge in [0.15, 0.2) is 0 Å². The predicted octanol–water partition coefficient (Wildman–Crippen LogP) is 4.19. The van der Waals surface area contributed by atoms with Crippen LogP contribution < -0.4 is 0 Å². The van der Waals surface area contributed by atoms with Crippen LogP contribution in [0.3, 0.4) is 0 Å². The first kappa shape index (κ1) is 21.1. The summed E-state index contributed by atoms with van der Waals surface area (Å²) in [6.45, 7) is 16.1. The maximum atomic E-state index is 12.6. The molecule has 1 aromatic rings. The van der Waals surface area contributed by atoms with E-state index in [4.69, 9.17) is 9.16 Å². The van der Waals surface area contributed by atoms with Gasteiger partial charge in [0, 0.05) is 0 Å². The van der Waals surface area contributed by atoms with E-state index in [1.165, 1.54) is 5.56 Å². The molecule has 26 heavy (non-hydrogen) atoms. The van der Waals surface area contributed by atoms with Gasteiger partial charge in [-0.2, -0.15) is 0 Å². The van der Waals surface area contributed by atoms with Gasteiger partial charge in [-0.25, -0.2) is 0 Å². The second-order valence-electron chi connectivity index (χ2n) is 9.15. The maximum absolute atomic E-state index is 12.6. The molecular weight excluding hydrogens is 342 g/mol. The molecule has 4 nitrogen and oxygen atoms in total. The molecule has 1 saturated heterocycles. The molecule has 0 spiro atoms. The molecule has 2 rings (SSSR count). The number of carbonyl (C=O) groups is 1. The van der Waals surface area contributed by atoms with Gasteiger partial charge >= 0.3 is 160 Å². The molecule has 1 aromatic carbocycles. The third kappa shape index (κ3) is 5.41. The van der Waals surface area contributed by atoms with Crippen molar-refractivity contribution < 1.29 is 14.0 Å². The molecule has 148 valence electrons. The van der Waals surface area contributed by atoms with E-state index in [0.29, 0.717) is 13.2 Å². The quantitative estimate of drug-likeness (QED) is 0.549. The summed E-state index contributed by atoms with van der Waals surface area (Å²) in [6, 6.07) is 10.4. The molecule has 0 unspecified atom stereocenters. The van der Waals surface area contributed by atoms with Crippen molar-refractivity contribution >= 4 is 14.3 Å². The summed E-state index contributed by atoms with van der Waals surface area (Å²) in [7, 11) is -2.25. The Morgan fingerprint density at radius 3 is 2.46 bits per heavy atom. The van der Waals surface area contributed by atoms with Crippen molar-refractivity contribution in [1.82, 2.24) is 4.90 Å². The van der Waals surface area contributed by atoms with E-state index >= 15 is 0 Å². The molecule has 1 heterocycles. The standard InChI is InChI=1S/C21H36NO3Si/c1-7-24-20(23)18-16-22(15-17-11-9-8-10-12-17)14-13-19(18)25-26(5,6)21(2,3)4/h8-12,18-19,26H,7,13-16H2,1-6H3/q-1/t18-,19-/m1/s1. The molecule has 0 saturated carbocycles. The first-order valence-corrected chi connectivity index (χ1v) is 13.3. The van der Waals surface area contributed by atoms with Gasteiger partial charge in [0.05, 0.1) is 0 Å². The summed E-state index contributed by atoms with van der Waals surface area (Å²) in [5.41, 5.74) is 1.28. The molecule has 5 heteroatoms. The van der Waals surface area contributed by atoms with Crippen LogP contribution in [-0.2, 0) is 20.5 Å². The number of piperidine rings is 1. The number of ether oxygens (including phenoxy) is 1. The zero-order valence-electron chi connectivity index (χ0n) is 17.3. The van der Waals surface area contributed by atoms with Crippen molar-refractivity contribution in [2.75, 3.05) is 19.7 Å². The average Bonchev–Trinajstić information content (AvgIpc) is 2.56. The van der Waals surface area contributed by atoms with Gasteiger partial charge in [0.1, 0.15) is 0 Å². The number of hydrogen-bond acceptors (Lipinski definition) is 4. The molecule has 0 amide bonds. The second-order valence-corrected chi connectivity index (χ2v) is 14.6. The fourth-order valence-electron chi connectivity index (χ4n) is 3.26. The molecule has 0 N–H and O–H groups in total. The molecule has 1 aliphatic heterocycles. The van der Waals surface area contributed by atoms with Gasteiger partial charge < -0.3 is 0 Å². The zero-order chi connectivity index (χ0) is 19.4. The van der Waals surface area contributed by atoms with Crippen LogP contribution in [-0.4, -0.2) is 45.0 Å². The Bertz CT molecular complexity index is 583. The molecule has 2 atom stereocenters. The van der Waals surface area contributed by atoms with Crippen LogP contribution in [0.15, 0.2) is 30.3 Å². The van der Waals surface area contributed by atoms with Crippen molar-refractivity contribution in [3.8, 4) is 0 Å². The van der Waals surface area contributed by atoms with Crippen molar-refractivity contribution in [1.29, 1.82) is 0 Å². The molecule has 0 bridgehead atoms. The first-order chi connectivity index (χ1) is 12.1. The van der Waals surface area contributed by atoms with Gasteiger partial charge in [-0.15, -0.1) is 0 Å². The fourth-order valence-corrected chi connectivity index (χ4v) is 4.87. The Hall–Kier alpha value is -1.17. The van der Waals surface area contributed by atoms with Gasteiger partial charge in [-0.05, 0) is 0 Å². The number of likely N-dealkylation sites (tertiary alicyclic amines) is 1. The van der Waals surface area contributed by atoms with Crippen molar-refractivity contribution in [3.05, 3.63) is 35.9 Å². The normalized spacial score (nSPS) is 22.8. The van der Waals surface area contributed by atoms with Crippen molar-refractivity contribution in [2.24, 2.45) is 5.92 Å². The van der Waals surface area contributed by atoms with Crippen LogP contribution in [0.4, 0.5) is 0 Å². The summed E-state index contributed by atoms with van der Waals surface area (Å²) in [5.74, 6) is -0.312. The first-order valence-electron chi connectivity index (χ1n) is 9.97. The van der Waals surface area contributed by atoms with Gasteiger partial charge in [-0.3, -0.25) is 0 Å². The van der Waals surface area contributed by atoms with E-state index in [-0.39, 0.29) is 23.0 Å². The monoisotopic (exact) mass is 378 g/mol. The van der Waals surface area contributed by atoms with Gasteiger partial charge in [-0.1, -0.05) is 0 Å². The molecule has 0 radical (unpaired) electrons. The Balaban J connectivity index is 2.10. The predicted molar refractivity (Wildman–Crippen MR) is 110 cm³/mol. The van der Waals surface area contributed by atoms with Crippen LogP contribution in [0.5, 0.6) is 0 Å². The van der Waals surface area contributed by atoms with Crippen molar-refractivity contribution in [3.63, 3.8) is 0 Å². The molecular formula is C21H36NO3Si-. The number of nitrogens with zero attached hydrogens (tertiary/aromatic N) is 1. The SMILES string of the molecule is CCOC(=O)[C@@H]1CN(Cc2ccccc2)CC[C@H]1O[SiH-](C)(C)C(C)(C)C. The fraction of sp³-hybridized carbons (Fsp3) is 0.667. The van der Waals surface area contributed by atoms with Crippen LogP contribution in [0.25, 0.3) is 0 Å². The molecule has 1 aliphatic rings. The van der Waals surface area contributed by atoms with E-state index in [1.807, 2.05) is 13.0 Å². The molecule has 0 aromatic heterocycles. The van der Waals surface area contributed by atoms with Crippen LogP contribution >= 0.6 is 0 Å². The van der Waals surface area contributed by atoms with E-state index in [9.17, 15) is 4.79 Å². The van der Waals surface area contributed by atoms with Gasteiger partial charge in [0.25, 0.3) is 0 Å². The van der Waals surface area contributed by atoms with E-state index in [0.717, 1.165) is 19.5 Å². The van der Waals surface area contributed by atoms with Gasteiger partial charge in [0.2, 0.25) is 0 Å². The minimum absolute atomic E-state index is 0.0275. The Kier molecular flexibility index (Phi) is 7.05. The summed E-state index contributed by atoms with van der Waals surface area (Å²) in [5, 5.41) is 0.160. The number of esters is 1. The summed E-state index contributed by atoms with van der Waals surface area (Å²) in [4.78, 5) is 15.0. The Morgan fingerprint density at radius 2 is 1.88 bits per heavy atom. The molecule has 0 aliphatic carbocycles. The van der Waals surface area contributed by atoms with Crippen molar-refractivity contribution in [2.45, 2.75) is 64.9 Å². The zero-order valence-corrected chi connectivity index (χ0v) is 18.5. The van der Waals surface area contributed by atoms with Crippen LogP contribution in [0, 0.1) is 5.92 Å². The van der Waals surface area contributed by atoms with Crippen LogP contribution in [0.1, 0.15) is 39.7 Å². The second kappa shape index (κ2) is 8.68. The van der Waals surface area contributed by atoms with E-state index in [2.05, 4.69) is 63.0 Å². The van der Waals surface area contributed by atoms with E-state index in [1.54, 1.807) is 0 Å². The number of benzene rings is 1. The average molecular weight is 379 g/mol. The number of hydrogen-bond donors (Lipinski definition) is 0. The Labute approximate surface area is 160 Å². The van der Waals surface area contributed by atoms with E-state index < -0.39 is 8.32 Å². The summed E-state index contributed by atoms with van der Waals surface area (Å²) < 4.78 is 12.0. The Morgan fingerprint density at radius 1 is 1.23 bits per heavy atom. The number of rotatable bonds is 6. The summed E-state index contributed by atoms with van der Waals surface area (Å²) in [6.07, 6.45) is 0.857. The summed E-state index contributed by atoms with van der Waals surface area (Å²) >= 11 is 0.